The Morgan fingerprint density at radius 2 is 2.17 bits per heavy atom. The Morgan fingerprint density at radius 3 is 3.00 bits per heavy atom. The van der Waals surface area contributed by atoms with Crippen LogP contribution in [0.5, 0.6) is 5.75 Å². The van der Waals surface area contributed by atoms with Gasteiger partial charge in [-0.25, -0.2) is 4.98 Å². The van der Waals surface area contributed by atoms with Crippen molar-refractivity contribution >= 4 is 15.9 Å². The normalized spacial score (nSPS) is 14.3. The predicted octanol–water partition coefficient (Wildman–Crippen LogP) is 2.33. The van der Waals surface area contributed by atoms with Gasteiger partial charge in [-0.2, -0.15) is 0 Å². The Kier molecular flexibility index (Phi) is 3.34. The second kappa shape index (κ2) is 5.12. The SMILES string of the molecule is Brc1nc(COc2ccccc2)n2c1CNCC2. The predicted molar refractivity (Wildman–Crippen MR) is 72.4 cm³/mol. The van der Waals surface area contributed by atoms with Crippen LogP contribution in [0.15, 0.2) is 34.9 Å². The Bertz CT molecular complexity index is 539. The Morgan fingerprint density at radius 1 is 1.33 bits per heavy atom. The number of halogens is 1. The molecule has 1 aliphatic heterocycles. The first-order valence-electron chi connectivity index (χ1n) is 5.97. The lowest BCUT2D eigenvalue weighted by molar-refractivity contribution is 0.286. The van der Waals surface area contributed by atoms with E-state index in [9.17, 15) is 0 Å². The van der Waals surface area contributed by atoms with Gasteiger partial charge in [-0.05, 0) is 28.1 Å². The van der Waals surface area contributed by atoms with Crippen molar-refractivity contribution < 1.29 is 4.74 Å². The van der Waals surface area contributed by atoms with Crippen molar-refractivity contribution in [2.45, 2.75) is 19.7 Å². The molecule has 0 saturated carbocycles. The van der Waals surface area contributed by atoms with E-state index >= 15 is 0 Å². The zero-order chi connectivity index (χ0) is 12.4. The third kappa shape index (κ3) is 2.28. The molecule has 0 bridgehead atoms. The maximum Gasteiger partial charge on any atom is 0.148 e. The van der Waals surface area contributed by atoms with E-state index in [1.165, 1.54) is 5.69 Å². The number of nitrogens with one attached hydrogen (secondary N) is 1. The molecule has 5 heteroatoms. The molecule has 1 N–H and O–H groups in total. The van der Waals surface area contributed by atoms with E-state index in [4.69, 9.17) is 4.74 Å². The number of aromatic nitrogens is 2. The van der Waals surface area contributed by atoms with Gasteiger partial charge in [0.1, 0.15) is 22.8 Å². The highest BCUT2D eigenvalue weighted by atomic mass is 79.9. The zero-order valence-corrected chi connectivity index (χ0v) is 11.5. The van der Waals surface area contributed by atoms with Gasteiger partial charge in [0, 0.05) is 19.6 Å². The number of ether oxygens (including phenoxy) is 1. The molecule has 0 fully saturated rings. The van der Waals surface area contributed by atoms with Crippen LogP contribution in [0.1, 0.15) is 11.5 Å². The summed E-state index contributed by atoms with van der Waals surface area (Å²) in [5.41, 5.74) is 1.20. The number of para-hydroxylation sites is 1. The fourth-order valence-corrected chi connectivity index (χ4v) is 2.67. The molecule has 0 unspecified atom stereocenters. The summed E-state index contributed by atoms with van der Waals surface area (Å²) in [7, 11) is 0. The molecule has 2 heterocycles. The fourth-order valence-electron chi connectivity index (χ4n) is 2.11. The van der Waals surface area contributed by atoms with Gasteiger partial charge in [0.05, 0.1) is 5.69 Å². The van der Waals surface area contributed by atoms with Gasteiger partial charge in [0.2, 0.25) is 0 Å². The van der Waals surface area contributed by atoms with Gasteiger partial charge in [-0.1, -0.05) is 18.2 Å². The van der Waals surface area contributed by atoms with Crippen LogP contribution in [0.4, 0.5) is 0 Å². The van der Waals surface area contributed by atoms with E-state index in [0.717, 1.165) is 35.8 Å². The summed E-state index contributed by atoms with van der Waals surface area (Å²) in [6.45, 7) is 3.29. The molecule has 18 heavy (non-hydrogen) atoms. The number of imidazole rings is 1. The topological polar surface area (TPSA) is 39.1 Å². The molecule has 2 aromatic rings. The van der Waals surface area contributed by atoms with Crippen molar-refractivity contribution in [1.82, 2.24) is 14.9 Å². The van der Waals surface area contributed by atoms with Crippen molar-refractivity contribution in [2.24, 2.45) is 0 Å². The van der Waals surface area contributed by atoms with Crippen molar-refractivity contribution in [3.05, 3.63) is 46.5 Å². The van der Waals surface area contributed by atoms with Gasteiger partial charge in [0.25, 0.3) is 0 Å². The molecule has 1 aromatic heterocycles. The van der Waals surface area contributed by atoms with E-state index in [2.05, 4.69) is 30.8 Å². The van der Waals surface area contributed by atoms with E-state index in [0.29, 0.717) is 6.61 Å². The first-order chi connectivity index (χ1) is 8.84. The van der Waals surface area contributed by atoms with E-state index in [1.54, 1.807) is 0 Å². The summed E-state index contributed by atoms with van der Waals surface area (Å²) >= 11 is 3.50. The first-order valence-corrected chi connectivity index (χ1v) is 6.76. The molecular formula is C13H14BrN3O. The number of fused-ring (bicyclic) bond motifs is 1. The number of benzene rings is 1. The number of hydrogen-bond acceptors (Lipinski definition) is 3. The summed E-state index contributed by atoms with van der Waals surface area (Å²) in [5.74, 6) is 1.85. The van der Waals surface area contributed by atoms with Crippen molar-refractivity contribution in [3.8, 4) is 5.75 Å². The second-order valence-corrected chi connectivity index (χ2v) is 4.95. The minimum Gasteiger partial charge on any atom is -0.486 e. The van der Waals surface area contributed by atoms with Crippen LogP contribution in [0.25, 0.3) is 0 Å². The highest BCUT2D eigenvalue weighted by Gasteiger charge is 2.18. The summed E-state index contributed by atoms with van der Waals surface area (Å²) in [4.78, 5) is 4.52. The molecule has 0 amide bonds. The van der Waals surface area contributed by atoms with E-state index < -0.39 is 0 Å². The minimum absolute atomic E-state index is 0.503. The highest BCUT2D eigenvalue weighted by molar-refractivity contribution is 9.10. The molecule has 0 radical (unpaired) electrons. The number of nitrogens with zero attached hydrogens (tertiary/aromatic N) is 2. The Balaban J connectivity index is 1.77. The van der Waals surface area contributed by atoms with Crippen molar-refractivity contribution in [3.63, 3.8) is 0 Å². The van der Waals surface area contributed by atoms with E-state index in [-0.39, 0.29) is 0 Å². The molecule has 0 saturated heterocycles. The van der Waals surface area contributed by atoms with Gasteiger partial charge in [-0.3, -0.25) is 0 Å². The molecular weight excluding hydrogens is 294 g/mol. The molecule has 0 aliphatic carbocycles. The maximum absolute atomic E-state index is 5.75. The van der Waals surface area contributed by atoms with Crippen LogP contribution < -0.4 is 10.1 Å². The standard InChI is InChI=1S/C13H14BrN3O/c14-13-11-8-15-6-7-17(11)12(16-13)9-18-10-4-2-1-3-5-10/h1-5,15H,6-9H2. The first kappa shape index (κ1) is 11.7. The van der Waals surface area contributed by atoms with Crippen molar-refractivity contribution in [1.29, 1.82) is 0 Å². The Hall–Kier alpha value is -1.33. The number of hydrogen-bond donors (Lipinski definition) is 1. The highest BCUT2D eigenvalue weighted by Crippen LogP contribution is 2.21. The van der Waals surface area contributed by atoms with Crippen LogP contribution in [-0.4, -0.2) is 16.1 Å². The average molecular weight is 308 g/mol. The summed E-state index contributed by atoms with van der Waals surface area (Å²) in [6, 6.07) is 9.83. The molecule has 94 valence electrons. The monoisotopic (exact) mass is 307 g/mol. The van der Waals surface area contributed by atoms with Crippen LogP contribution in [-0.2, 0) is 19.7 Å². The average Bonchev–Trinajstić information content (AvgIpc) is 2.75. The number of rotatable bonds is 3. The molecule has 0 spiro atoms. The molecule has 4 nitrogen and oxygen atoms in total. The molecule has 0 atom stereocenters. The molecule has 3 rings (SSSR count). The fraction of sp³-hybridized carbons (Fsp3) is 0.308. The quantitative estimate of drug-likeness (QED) is 0.946. The lowest BCUT2D eigenvalue weighted by Gasteiger charge is -2.18. The summed E-state index contributed by atoms with van der Waals surface area (Å²) in [6.07, 6.45) is 0. The van der Waals surface area contributed by atoms with Crippen LogP contribution in [0.3, 0.4) is 0 Å². The smallest absolute Gasteiger partial charge is 0.148 e. The van der Waals surface area contributed by atoms with Crippen LogP contribution in [0.2, 0.25) is 0 Å². The zero-order valence-electron chi connectivity index (χ0n) is 9.90. The van der Waals surface area contributed by atoms with Crippen molar-refractivity contribution in [2.75, 3.05) is 6.54 Å². The van der Waals surface area contributed by atoms with Gasteiger partial charge < -0.3 is 14.6 Å². The third-order valence-electron chi connectivity index (χ3n) is 3.02. The lowest BCUT2D eigenvalue weighted by Crippen LogP contribution is -2.29. The van der Waals surface area contributed by atoms with Gasteiger partial charge in [-0.15, -0.1) is 0 Å². The summed E-state index contributed by atoms with van der Waals surface area (Å²) < 4.78 is 8.89. The minimum atomic E-state index is 0.503. The Labute approximate surface area is 114 Å². The third-order valence-corrected chi connectivity index (χ3v) is 3.65. The maximum atomic E-state index is 5.75. The second-order valence-electron chi connectivity index (χ2n) is 4.20. The van der Waals surface area contributed by atoms with Gasteiger partial charge >= 0.3 is 0 Å². The van der Waals surface area contributed by atoms with Crippen LogP contribution >= 0.6 is 15.9 Å². The van der Waals surface area contributed by atoms with E-state index in [1.807, 2.05) is 30.3 Å². The summed E-state index contributed by atoms with van der Waals surface area (Å²) in [5, 5.41) is 3.34. The van der Waals surface area contributed by atoms with Crippen LogP contribution in [0, 0.1) is 0 Å². The molecule has 1 aromatic carbocycles. The largest absolute Gasteiger partial charge is 0.486 e. The molecule has 1 aliphatic rings. The van der Waals surface area contributed by atoms with Gasteiger partial charge in [0.15, 0.2) is 0 Å². The lowest BCUT2D eigenvalue weighted by atomic mass is 10.3.